The highest BCUT2D eigenvalue weighted by Crippen LogP contribution is 2.15. The van der Waals surface area contributed by atoms with Gasteiger partial charge >= 0.3 is 0 Å². The summed E-state index contributed by atoms with van der Waals surface area (Å²) in [4.78, 5) is 0. The van der Waals surface area contributed by atoms with E-state index in [-0.39, 0.29) is 0 Å². The molecule has 0 N–H and O–H groups in total. The van der Waals surface area contributed by atoms with Crippen molar-refractivity contribution in [3.05, 3.63) is 0 Å². The molecule has 18 heavy (non-hydrogen) atoms. The molecule has 0 amide bonds. The van der Waals surface area contributed by atoms with Gasteiger partial charge in [-0.25, -0.2) is 0 Å². The summed E-state index contributed by atoms with van der Waals surface area (Å²) in [5, 5.41) is 0. The molecule has 1 saturated carbocycles. The van der Waals surface area contributed by atoms with E-state index in [1.54, 1.807) is 0 Å². The van der Waals surface area contributed by atoms with Crippen LogP contribution in [0.5, 0.6) is 0 Å². The zero-order valence-electron chi connectivity index (χ0n) is 13.3. The fraction of sp³-hybridized carbons (Fsp3) is 1.00. The number of hydrogen-bond donors (Lipinski definition) is 0. The van der Waals surface area contributed by atoms with E-state index in [0.29, 0.717) is 0 Å². The van der Waals surface area contributed by atoms with Crippen LogP contribution >= 0.6 is 0 Å². The molecule has 0 aliphatic heterocycles. The first kappa shape index (κ1) is 18.0. The Balaban J connectivity index is 0.000000827. The fourth-order valence-electron chi connectivity index (χ4n) is 2.09. The average Bonchev–Trinajstić information content (AvgIpc) is 3.24. The molecule has 0 radical (unpaired) electrons. The van der Waals surface area contributed by atoms with Gasteiger partial charge in [0, 0.05) is 0 Å². The number of hydrogen-bond acceptors (Lipinski definition) is 0. The molecule has 0 aromatic rings. The lowest BCUT2D eigenvalue weighted by molar-refractivity contribution is 0.542. The minimum atomic E-state index is 1.37. The van der Waals surface area contributed by atoms with Crippen LogP contribution in [0.4, 0.5) is 0 Å². The van der Waals surface area contributed by atoms with E-state index in [1.807, 2.05) is 0 Å². The Bertz CT molecular complexity index is 111. The van der Waals surface area contributed by atoms with E-state index in [1.165, 1.54) is 103 Å². The smallest absolute Gasteiger partial charge is 0.0533 e. The molecule has 0 bridgehead atoms. The first-order valence-electron chi connectivity index (χ1n) is 8.91. The van der Waals surface area contributed by atoms with Crippen molar-refractivity contribution in [3.8, 4) is 0 Å². The van der Waals surface area contributed by atoms with E-state index in [9.17, 15) is 0 Å². The summed E-state index contributed by atoms with van der Waals surface area (Å²) in [6.07, 6.45) is 23.4. The van der Waals surface area contributed by atoms with Crippen LogP contribution in [0.3, 0.4) is 0 Å². The summed E-state index contributed by atoms with van der Waals surface area (Å²) in [6, 6.07) is 0. The molecule has 0 aromatic carbocycles. The molecule has 1 aliphatic carbocycles. The summed E-state index contributed by atoms with van der Waals surface area (Å²) in [5.74, 6) is 0. The third kappa shape index (κ3) is 21.3. The second-order valence-electron chi connectivity index (χ2n) is 5.95. The van der Waals surface area contributed by atoms with Crippen LogP contribution in [0.15, 0.2) is 0 Å². The largest absolute Gasteiger partial charge is 0.0654 e. The zero-order valence-corrected chi connectivity index (χ0v) is 13.3. The standard InChI is InChI=1S/C15H32.C3H6/c1-3-5-7-9-11-13-15-14-12-10-8-6-4-2;1-2-3-1/h3-15H2,1-2H3;1-3H2. The van der Waals surface area contributed by atoms with E-state index in [0.717, 1.165) is 0 Å². The van der Waals surface area contributed by atoms with Crippen LogP contribution in [0.1, 0.15) is 117 Å². The highest BCUT2D eigenvalue weighted by molar-refractivity contribution is 4.50. The van der Waals surface area contributed by atoms with Crippen molar-refractivity contribution in [2.24, 2.45) is 0 Å². The second kappa shape index (κ2) is 17.0. The summed E-state index contributed by atoms with van der Waals surface area (Å²) in [5.41, 5.74) is 0. The molecule has 1 fully saturated rings. The molecule has 1 rings (SSSR count). The molecule has 0 heteroatoms. The Kier molecular flexibility index (Phi) is 17.0. The highest BCUT2D eigenvalue weighted by Gasteiger charge is 1.95. The Morgan fingerprint density at radius 2 is 0.611 bits per heavy atom. The van der Waals surface area contributed by atoms with Gasteiger partial charge in [0.05, 0.1) is 0 Å². The molecule has 0 aromatic heterocycles. The lowest BCUT2D eigenvalue weighted by atomic mass is 10.1. The summed E-state index contributed by atoms with van der Waals surface area (Å²) >= 11 is 0. The van der Waals surface area contributed by atoms with Crippen molar-refractivity contribution in [2.75, 3.05) is 0 Å². The Morgan fingerprint density at radius 3 is 0.778 bits per heavy atom. The fourth-order valence-corrected chi connectivity index (χ4v) is 2.09. The van der Waals surface area contributed by atoms with Gasteiger partial charge in [0.2, 0.25) is 0 Å². The lowest BCUT2D eigenvalue weighted by Gasteiger charge is -2.01. The normalized spacial score (nSPS) is 13.0. The Labute approximate surface area is 117 Å². The van der Waals surface area contributed by atoms with Gasteiger partial charge in [0.25, 0.3) is 0 Å². The maximum atomic E-state index is 2.29. The van der Waals surface area contributed by atoms with Crippen LogP contribution in [-0.2, 0) is 0 Å². The monoisotopic (exact) mass is 254 g/mol. The Hall–Kier alpha value is 0. The maximum Gasteiger partial charge on any atom is -0.0533 e. The van der Waals surface area contributed by atoms with Crippen molar-refractivity contribution in [3.63, 3.8) is 0 Å². The first-order chi connectivity index (χ1) is 8.91. The quantitative estimate of drug-likeness (QED) is 0.321. The van der Waals surface area contributed by atoms with Crippen LogP contribution in [0.2, 0.25) is 0 Å². The van der Waals surface area contributed by atoms with Crippen molar-refractivity contribution in [2.45, 2.75) is 117 Å². The lowest BCUT2D eigenvalue weighted by Crippen LogP contribution is -1.82. The number of rotatable bonds is 12. The Morgan fingerprint density at radius 1 is 0.389 bits per heavy atom. The van der Waals surface area contributed by atoms with E-state index >= 15 is 0 Å². The maximum absolute atomic E-state index is 2.29. The molecule has 0 spiro atoms. The van der Waals surface area contributed by atoms with Gasteiger partial charge in [-0.15, -0.1) is 0 Å². The van der Waals surface area contributed by atoms with Gasteiger partial charge in [-0.1, -0.05) is 117 Å². The summed E-state index contributed by atoms with van der Waals surface area (Å²) in [7, 11) is 0. The number of unbranched alkanes of at least 4 members (excludes halogenated alkanes) is 12. The molecular weight excluding hydrogens is 216 g/mol. The van der Waals surface area contributed by atoms with E-state index in [2.05, 4.69) is 13.8 Å². The van der Waals surface area contributed by atoms with E-state index in [4.69, 9.17) is 0 Å². The molecule has 0 atom stereocenters. The van der Waals surface area contributed by atoms with E-state index < -0.39 is 0 Å². The van der Waals surface area contributed by atoms with Crippen molar-refractivity contribution in [1.82, 2.24) is 0 Å². The first-order valence-corrected chi connectivity index (χ1v) is 8.91. The van der Waals surface area contributed by atoms with Gasteiger partial charge in [-0.05, 0) is 0 Å². The second-order valence-corrected chi connectivity index (χ2v) is 5.95. The van der Waals surface area contributed by atoms with Gasteiger partial charge < -0.3 is 0 Å². The van der Waals surface area contributed by atoms with Crippen LogP contribution in [0, 0.1) is 0 Å². The van der Waals surface area contributed by atoms with Crippen LogP contribution < -0.4 is 0 Å². The highest BCUT2D eigenvalue weighted by atomic mass is 14.0. The van der Waals surface area contributed by atoms with Crippen molar-refractivity contribution in [1.29, 1.82) is 0 Å². The van der Waals surface area contributed by atoms with Crippen LogP contribution in [-0.4, -0.2) is 0 Å². The molecule has 0 unspecified atom stereocenters. The molecule has 1 aliphatic rings. The molecule has 0 saturated heterocycles. The summed E-state index contributed by atoms with van der Waals surface area (Å²) in [6.45, 7) is 4.58. The van der Waals surface area contributed by atoms with Gasteiger partial charge in [0.15, 0.2) is 0 Å². The minimum absolute atomic E-state index is 1.37. The zero-order chi connectivity index (χ0) is 13.3. The van der Waals surface area contributed by atoms with Gasteiger partial charge in [-0.3, -0.25) is 0 Å². The molecule has 110 valence electrons. The topological polar surface area (TPSA) is 0 Å². The predicted molar refractivity (Wildman–Crippen MR) is 85.2 cm³/mol. The molecule has 0 heterocycles. The SMILES string of the molecule is C1CC1.CCCCCCCCCCCCCCC. The minimum Gasteiger partial charge on any atom is -0.0654 e. The third-order valence-corrected chi connectivity index (χ3v) is 3.56. The molecular formula is C18H38. The predicted octanol–water partition coefficient (Wildman–Crippen LogP) is 7.27. The third-order valence-electron chi connectivity index (χ3n) is 3.56. The van der Waals surface area contributed by atoms with Crippen molar-refractivity contribution < 1.29 is 0 Å². The average molecular weight is 255 g/mol. The van der Waals surface area contributed by atoms with Crippen molar-refractivity contribution >= 4 is 0 Å². The van der Waals surface area contributed by atoms with Gasteiger partial charge in [-0.2, -0.15) is 0 Å². The van der Waals surface area contributed by atoms with Gasteiger partial charge in [0.1, 0.15) is 0 Å². The molecule has 0 nitrogen and oxygen atoms in total. The van der Waals surface area contributed by atoms with Crippen LogP contribution in [0.25, 0.3) is 0 Å². The summed E-state index contributed by atoms with van der Waals surface area (Å²) < 4.78 is 0.